The zero-order chi connectivity index (χ0) is 15.8. The molecule has 0 heterocycles. The lowest BCUT2D eigenvalue weighted by Gasteiger charge is -2.09. The Labute approximate surface area is 131 Å². The predicted molar refractivity (Wildman–Crippen MR) is 86.4 cm³/mol. The minimum atomic E-state index is -0.0268. The molecule has 22 heavy (non-hydrogen) atoms. The average molecular weight is 299 g/mol. The van der Waals surface area contributed by atoms with E-state index in [1.54, 1.807) is 7.11 Å². The summed E-state index contributed by atoms with van der Waals surface area (Å²) in [6.45, 7) is 2.95. The third-order valence-corrected chi connectivity index (χ3v) is 3.18. The monoisotopic (exact) mass is 299 g/mol. The highest BCUT2D eigenvalue weighted by Gasteiger charge is 2.04. The van der Waals surface area contributed by atoms with Crippen molar-refractivity contribution in [3.8, 4) is 11.5 Å². The van der Waals surface area contributed by atoms with Gasteiger partial charge in [-0.05, 0) is 42.3 Å². The zero-order valence-corrected chi connectivity index (χ0v) is 13.0. The van der Waals surface area contributed by atoms with E-state index >= 15 is 0 Å². The van der Waals surface area contributed by atoms with Gasteiger partial charge >= 0.3 is 0 Å². The molecule has 2 aromatic rings. The van der Waals surface area contributed by atoms with Crippen molar-refractivity contribution in [1.29, 1.82) is 0 Å². The van der Waals surface area contributed by atoms with Gasteiger partial charge in [0.1, 0.15) is 18.1 Å². The molecule has 0 saturated carbocycles. The van der Waals surface area contributed by atoms with Gasteiger partial charge in [-0.25, -0.2) is 0 Å². The number of benzene rings is 2. The smallest absolute Gasteiger partial charge is 0.224 e. The molecule has 0 aromatic heterocycles. The summed E-state index contributed by atoms with van der Waals surface area (Å²) in [5.74, 6) is 1.55. The number of hydrogen-bond acceptors (Lipinski definition) is 3. The highest BCUT2D eigenvalue weighted by molar-refractivity contribution is 5.78. The molecule has 2 aromatic carbocycles. The topological polar surface area (TPSA) is 47.6 Å². The maximum absolute atomic E-state index is 11.9. The number of amides is 1. The second kappa shape index (κ2) is 8.08. The third-order valence-electron chi connectivity index (χ3n) is 3.18. The van der Waals surface area contributed by atoms with Gasteiger partial charge in [0.15, 0.2) is 0 Å². The molecule has 116 valence electrons. The molecular weight excluding hydrogens is 278 g/mol. The van der Waals surface area contributed by atoms with E-state index in [0.29, 0.717) is 19.6 Å². The van der Waals surface area contributed by atoms with E-state index < -0.39 is 0 Å². The highest BCUT2D eigenvalue weighted by atomic mass is 16.5. The van der Waals surface area contributed by atoms with Crippen molar-refractivity contribution in [2.75, 3.05) is 20.3 Å². The van der Waals surface area contributed by atoms with Crippen molar-refractivity contribution in [3.63, 3.8) is 0 Å². The number of carbonyl (C=O) groups is 1. The molecule has 0 atom stereocenters. The first-order valence-electron chi connectivity index (χ1n) is 7.26. The third kappa shape index (κ3) is 5.13. The van der Waals surface area contributed by atoms with Crippen LogP contribution in [-0.4, -0.2) is 26.2 Å². The van der Waals surface area contributed by atoms with Crippen molar-refractivity contribution >= 4 is 5.91 Å². The highest BCUT2D eigenvalue weighted by Crippen LogP contribution is 2.13. The van der Waals surface area contributed by atoms with Crippen molar-refractivity contribution in [2.45, 2.75) is 13.3 Å². The Morgan fingerprint density at radius 3 is 2.64 bits per heavy atom. The number of rotatable bonds is 7. The van der Waals surface area contributed by atoms with Crippen molar-refractivity contribution in [2.24, 2.45) is 0 Å². The molecule has 0 bridgehead atoms. The van der Waals surface area contributed by atoms with Gasteiger partial charge in [-0.15, -0.1) is 0 Å². The maximum atomic E-state index is 11.9. The van der Waals surface area contributed by atoms with E-state index in [1.807, 2.05) is 55.5 Å². The summed E-state index contributed by atoms with van der Waals surface area (Å²) in [6.07, 6.45) is 0.335. The summed E-state index contributed by atoms with van der Waals surface area (Å²) >= 11 is 0. The molecule has 0 aliphatic carbocycles. The van der Waals surface area contributed by atoms with Crippen LogP contribution in [0, 0.1) is 6.92 Å². The Kier molecular flexibility index (Phi) is 5.83. The lowest BCUT2D eigenvalue weighted by atomic mass is 10.1. The van der Waals surface area contributed by atoms with Gasteiger partial charge < -0.3 is 14.8 Å². The van der Waals surface area contributed by atoms with Crippen LogP contribution in [0.3, 0.4) is 0 Å². The van der Waals surface area contributed by atoms with Crippen LogP contribution in [-0.2, 0) is 11.2 Å². The van der Waals surface area contributed by atoms with Crippen LogP contribution in [0.15, 0.2) is 48.5 Å². The quantitative estimate of drug-likeness (QED) is 0.800. The van der Waals surface area contributed by atoms with Gasteiger partial charge in [0.05, 0.1) is 20.1 Å². The SMILES string of the molecule is COc1cccc(CC(=O)NCCOc2cccc(C)c2)c1. The predicted octanol–water partition coefficient (Wildman–Crippen LogP) is 2.74. The Hall–Kier alpha value is -2.49. The summed E-state index contributed by atoms with van der Waals surface area (Å²) in [7, 11) is 1.61. The number of methoxy groups -OCH3 is 1. The van der Waals surface area contributed by atoms with Crippen LogP contribution in [0.4, 0.5) is 0 Å². The largest absolute Gasteiger partial charge is 0.497 e. The molecule has 0 aliphatic heterocycles. The zero-order valence-electron chi connectivity index (χ0n) is 13.0. The summed E-state index contributed by atoms with van der Waals surface area (Å²) in [6, 6.07) is 15.4. The van der Waals surface area contributed by atoms with Gasteiger partial charge in [0, 0.05) is 0 Å². The molecule has 2 rings (SSSR count). The van der Waals surface area contributed by atoms with E-state index in [4.69, 9.17) is 9.47 Å². The average Bonchev–Trinajstić information content (AvgIpc) is 2.52. The Morgan fingerprint density at radius 1 is 1.09 bits per heavy atom. The number of carbonyl (C=O) groups excluding carboxylic acids is 1. The van der Waals surface area contributed by atoms with Crippen molar-refractivity contribution in [1.82, 2.24) is 5.32 Å². The second-order valence-corrected chi connectivity index (χ2v) is 5.04. The molecule has 0 radical (unpaired) electrons. The van der Waals surface area contributed by atoms with Crippen molar-refractivity contribution < 1.29 is 14.3 Å². The molecule has 0 fully saturated rings. The van der Waals surface area contributed by atoms with Gasteiger partial charge in [-0.1, -0.05) is 24.3 Å². The Bertz CT molecular complexity index is 625. The first-order valence-corrected chi connectivity index (χ1v) is 7.26. The van der Waals surface area contributed by atoms with Crippen molar-refractivity contribution in [3.05, 3.63) is 59.7 Å². The molecular formula is C18H21NO3. The van der Waals surface area contributed by atoms with E-state index in [9.17, 15) is 4.79 Å². The second-order valence-electron chi connectivity index (χ2n) is 5.04. The summed E-state index contributed by atoms with van der Waals surface area (Å²) < 4.78 is 10.7. The fraction of sp³-hybridized carbons (Fsp3) is 0.278. The lowest BCUT2D eigenvalue weighted by molar-refractivity contribution is -0.120. The normalized spacial score (nSPS) is 10.1. The van der Waals surface area contributed by atoms with E-state index in [1.165, 1.54) is 0 Å². The molecule has 1 amide bonds. The van der Waals surface area contributed by atoms with E-state index in [-0.39, 0.29) is 5.91 Å². The fourth-order valence-electron chi connectivity index (χ4n) is 2.09. The van der Waals surface area contributed by atoms with Crippen LogP contribution in [0.1, 0.15) is 11.1 Å². The summed E-state index contributed by atoms with van der Waals surface area (Å²) in [5.41, 5.74) is 2.08. The molecule has 0 unspecified atom stereocenters. The van der Waals surface area contributed by atoms with Gasteiger partial charge in [0.25, 0.3) is 0 Å². The molecule has 4 nitrogen and oxygen atoms in total. The van der Waals surface area contributed by atoms with Gasteiger partial charge in [0.2, 0.25) is 5.91 Å². The van der Waals surface area contributed by atoms with Crippen LogP contribution in [0.5, 0.6) is 11.5 Å². The maximum Gasteiger partial charge on any atom is 0.224 e. The Balaban J connectivity index is 1.71. The van der Waals surface area contributed by atoms with Gasteiger partial charge in [-0.2, -0.15) is 0 Å². The van der Waals surface area contributed by atoms with Crippen LogP contribution in [0.25, 0.3) is 0 Å². The Morgan fingerprint density at radius 2 is 1.86 bits per heavy atom. The van der Waals surface area contributed by atoms with Crippen LogP contribution >= 0.6 is 0 Å². The molecule has 4 heteroatoms. The molecule has 1 N–H and O–H groups in total. The number of aryl methyl sites for hydroxylation is 1. The molecule has 0 saturated heterocycles. The first-order chi connectivity index (χ1) is 10.7. The first kappa shape index (κ1) is 15.9. The van der Waals surface area contributed by atoms with E-state index in [0.717, 1.165) is 22.6 Å². The van der Waals surface area contributed by atoms with Crippen LogP contribution < -0.4 is 14.8 Å². The number of nitrogens with one attached hydrogen (secondary N) is 1. The standard InChI is InChI=1S/C18H21NO3/c1-14-5-3-8-17(11-14)22-10-9-19-18(20)13-15-6-4-7-16(12-15)21-2/h3-8,11-12H,9-10,13H2,1-2H3,(H,19,20). The number of ether oxygens (including phenoxy) is 2. The van der Waals surface area contributed by atoms with Crippen LogP contribution in [0.2, 0.25) is 0 Å². The number of hydrogen-bond donors (Lipinski definition) is 1. The molecule has 0 aliphatic rings. The fourth-order valence-corrected chi connectivity index (χ4v) is 2.09. The molecule has 0 spiro atoms. The minimum Gasteiger partial charge on any atom is -0.497 e. The minimum absolute atomic E-state index is 0.0268. The summed E-state index contributed by atoms with van der Waals surface area (Å²) in [4.78, 5) is 11.9. The summed E-state index contributed by atoms with van der Waals surface area (Å²) in [5, 5.41) is 2.85. The van der Waals surface area contributed by atoms with E-state index in [2.05, 4.69) is 5.32 Å². The van der Waals surface area contributed by atoms with Gasteiger partial charge in [-0.3, -0.25) is 4.79 Å². The lowest BCUT2D eigenvalue weighted by Crippen LogP contribution is -2.29.